The molecule has 1 atom stereocenters. The van der Waals surface area contributed by atoms with E-state index in [-0.39, 0.29) is 0 Å². The highest BCUT2D eigenvalue weighted by Gasteiger charge is 2.26. The number of nitriles is 1. The summed E-state index contributed by atoms with van der Waals surface area (Å²) in [4.78, 5) is 0. The molecule has 1 N–H and O–H groups in total. The standard InChI is InChI=1S/C13H17ClN2/c1-3-9-13(4-2,10-15)16-12-7-5-11(14)6-8-12/h5-8,16H,3-4,9H2,1-2H3. The van der Waals surface area contributed by atoms with E-state index in [1.807, 2.05) is 31.2 Å². The van der Waals surface area contributed by atoms with Crippen LogP contribution in [0.2, 0.25) is 5.02 Å². The van der Waals surface area contributed by atoms with Gasteiger partial charge < -0.3 is 5.32 Å². The third-order valence-electron chi connectivity index (χ3n) is 2.72. The van der Waals surface area contributed by atoms with Crippen LogP contribution in [0, 0.1) is 11.3 Å². The minimum Gasteiger partial charge on any atom is -0.367 e. The molecule has 3 heteroatoms. The summed E-state index contributed by atoms with van der Waals surface area (Å²) in [5.74, 6) is 0. The summed E-state index contributed by atoms with van der Waals surface area (Å²) < 4.78 is 0. The minimum atomic E-state index is -0.456. The van der Waals surface area contributed by atoms with Crippen LogP contribution in [0.5, 0.6) is 0 Å². The van der Waals surface area contributed by atoms with Crippen LogP contribution in [0.3, 0.4) is 0 Å². The van der Waals surface area contributed by atoms with Crippen molar-refractivity contribution in [2.45, 2.75) is 38.6 Å². The molecule has 0 spiro atoms. The van der Waals surface area contributed by atoms with E-state index in [0.717, 1.165) is 24.9 Å². The summed E-state index contributed by atoms with van der Waals surface area (Å²) >= 11 is 5.82. The first kappa shape index (κ1) is 12.9. The Balaban J connectivity index is 2.83. The number of rotatable bonds is 5. The van der Waals surface area contributed by atoms with Gasteiger partial charge in [-0.2, -0.15) is 5.26 Å². The second kappa shape index (κ2) is 5.77. The summed E-state index contributed by atoms with van der Waals surface area (Å²) in [6.45, 7) is 4.12. The van der Waals surface area contributed by atoms with Crippen LogP contribution >= 0.6 is 11.6 Å². The van der Waals surface area contributed by atoms with Gasteiger partial charge in [0.25, 0.3) is 0 Å². The average Bonchev–Trinajstić information content (AvgIpc) is 2.31. The molecule has 0 aliphatic carbocycles. The molecule has 1 aromatic rings. The molecule has 0 saturated heterocycles. The van der Waals surface area contributed by atoms with Crippen molar-refractivity contribution in [2.75, 3.05) is 5.32 Å². The van der Waals surface area contributed by atoms with Gasteiger partial charge in [-0.25, -0.2) is 0 Å². The molecule has 16 heavy (non-hydrogen) atoms. The zero-order valence-corrected chi connectivity index (χ0v) is 10.5. The molecule has 86 valence electrons. The number of anilines is 1. The molecule has 0 radical (unpaired) electrons. The van der Waals surface area contributed by atoms with Gasteiger partial charge in [0.1, 0.15) is 5.54 Å². The van der Waals surface area contributed by atoms with Crippen LogP contribution in [-0.4, -0.2) is 5.54 Å². The molecule has 1 aromatic carbocycles. The maximum atomic E-state index is 9.28. The number of hydrogen-bond donors (Lipinski definition) is 1. The lowest BCUT2D eigenvalue weighted by Crippen LogP contribution is -2.35. The second-order valence-corrected chi connectivity index (χ2v) is 4.37. The van der Waals surface area contributed by atoms with Crippen molar-refractivity contribution in [1.29, 1.82) is 5.26 Å². The lowest BCUT2D eigenvalue weighted by atomic mass is 9.92. The van der Waals surface area contributed by atoms with Gasteiger partial charge in [0.2, 0.25) is 0 Å². The molecule has 0 fully saturated rings. The molecule has 1 rings (SSSR count). The first-order chi connectivity index (χ1) is 7.65. The first-order valence-electron chi connectivity index (χ1n) is 5.61. The van der Waals surface area contributed by atoms with Crippen molar-refractivity contribution >= 4 is 17.3 Å². The van der Waals surface area contributed by atoms with Gasteiger partial charge in [-0.15, -0.1) is 0 Å². The zero-order valence-electron chi connectivity index (χ0n) is 9.76. The predicted molar refractivity (Wildman–Crippen MR) is 68.6 cm³/mol. The monoisotopic (exact) mass is 236 g/mol. The maximum Gasteiger partial charge on any atom is 0.125 e. The van der Waals surface area contributed by atoms with E-state index in [2.05, 4.69) is 18.3 Å². The number of benzene rings is 1. The molecule has 0 aromatic heterocycles. The van der Waals surface area contributed by atoms with Gasteiger partial charge in [0.05, 0.1) is 6.07 Å². The van der Waals surface area contributed by atoms with Crippen LogP contribution in [0.1, 0.15) is 33.1 Å². The summed E-state index contributed by atoms with van der Waals surface area (Å²) in [5, 5.41) is 13.3. The summed E-state index contributed by atoms with van der Waals surface area (Å²) in [6.07, 6.45) is 2.63. The molecule has 0 bridgehead atoms. The fraction of sp³-hybridized carbons (Fsp3) is 0.462. The third-order valence-corrected chi connectivity index (χ3v) is 2.97. The van der Waals surface area contributed by atoms with Crippen LogP contribution in [-0.2, 0) is 0 Å². The minimum absolute atomic E-state index is 0.456. The van der Waals surface area contributed by atoms with Crippen molar-refractivity contribution in [1.82, 2.24) is 0 Å². The molecular formula is C13H17ClN2. The van der Waals surface area contributed by atoms with Gasteiger partial charge in [-0.3, -0.25) is 0 Å². The predicted octanol–water partition coefficient (Wildman–Crippen LogP) is 4.22. The van der Waals surface area contributed by atoms with Gasteiger partial charge >= 0.3 is 0 Å². The summed E-state index contributed by atoms with van der Waals surface area (Å²) in [6, 6.07) is 9.84. The van der Waals surface area contributed by atoms with Crippen LogP contribution < -0.4 is 5.32 Å². The quantitative estimate of drug-likeness (QED) is 0.831. The molecule has 0 heterocycles. The lowest BCUT2D eigenvalue weighted by molar-refractivity contribution is 0.514. The Hall–Kier alpha value is -1.20. The lowest BCUT2D eigenvalue weighted by Gasteiger charge is -2.27. The maximum absolute atomic E-state index is 9.28. The van der Waals surface area contributed by atoms with Crippen LogP contribution in [0.15, 0.2) is 24.3 Å². The van der Waals surface area contributed by atoms with Crippen molar-refractivity contribution in [2.24, 2.45) is 0 Å². The van der Waals surface area contributed by atoms with Crippen molar-refractivity contribution in [3.05, 3.63) is 29.3 Å². The fourth-order valence-electron chi connectivity index (χ4n) is 1.73. The van der Waals surface area contributed by atoms with E-state index in [0.29, 0.717) is 5.02 Å². The fourth-order valence-corrected chi connectivity index (χ4v) is 1.85. The van der Waals surface area contributed by atoms with Crippen molar-refractivity contribution < 1.29 is 0 Å². The average molecular weight is 237 g/mol. The second-order valence-electron chi connectivity index (χ2n) is 3.93. The smallest absolute Gasteiger partial charge is 0.125 e. The van der Waals surface area contributed by atoms with E-state index in [4.69, 9.17) is 11.6 Å². The number of halogens is 1. The number of nitrogens with zero attached hydrogens (tertiary/aromatic N) is 1. The van der Waals surface area contributed by atoms with Gasteiger partial charge in [0, 0.05) is 10.7 Å². The normalized spacial score (nSPS) is 13.9. The highest BCUT2D eigenvalue weighted by molar-refractivity contribution is 6.30. The van der Waals surface area contributed by atoms with Gasteiger partial charge in [-0.1, -0.05) is 31.9 Å². The zero-order chi connectivity index (χ0) is 12.0. The van der Waals surface area contributed by atoms with Gasteiger partial charge in [-0.05, 0) is 37.1 Å². The van der Waals surface area contributed by atoms with Crippen molar-refractivity contribution in [3.8, 4) is 6.07 Å². The third kappa shape index (κ3) is 3.15. The Morgan fingerprint density at radius 3 is 2.38 bits per heavy atom. The Kier molecular flexibility index (Phi) is 4.64. The molecule has 0 aliphatic heterocycles. The van der Waals surface area contributed by atoms with E-state index in [9.17, 15) is 5.26 Å². The highest BCUT2D eigenvalue weighted by atomic mass is 35.5. The molecule has 1 unspecified atom stereocenters. The largest absolute Gasteiger partial charge is 0.367 e. The van der Waals surface area contributed by atoms with Crippen molar-refractivity contribution in [3.63, 3.8) is 0 Å². The van der Waals surface area contributed by atoms with E-state index >= 15 is 0 Å². The highest BCUT2D eigenvalue weighted by Crippen LogP contribution is 2.24. The summed E-state index contributed by atoms with van der Waals surface area (Å²) in [5.41, 5.74) is 0.490. The van der Waals surface area contributed by atoms with Crippen LogP contribution in [0.25, 0.3) is 0 Å². The molecular weight excluding hydrogens is 220 g/mol. The summed E-state index contributed by atoms with van der Waals surface area (Å²) in [7, 11) is 0. The molecule has 0 saturated carbocycles. The molecule has 0 aliphatic rings. The Morgan fingerprint density at radius 2 is 1.94 bits per heavy atom. The first-order valence-corrected chi connectivity index (χ1v) is 5.98. The molecule has 0 amide bonds. The van der Waals surface area contributed by atoms with Crippen LogP contribution in [0.4, 0.5) is 5.69 Å². The molecule has 2 nitrogen and oxygen atoms in total. The van der Waals surface area contributed by atoms with E-state index < -0.39 is 5.54 Å². The SMILES string of the molecule is CCCC(C#N)(CC)Nc1ccc(Cl)cc1. The Morgan fingerprint density at radius 1 is 1.31 bits per heavy atom. The Labute approximate surface area is 102 Å². The Bertz CT molecular complexity index is 367. The number of nitrogens with one attached hydrogen (secondary N) is 1. The number of hydrogen-bond acceptors (Lipinski definition) is 2. The topological polar surface area (TPSA) is 35.8 Å². The van der Waals surface area contributed by atoms with E-state index in [1.54, 1.807) is 0 Å². The van der Waals surface area contributed by atoms with E-state index in [1.165, 1.54) is 0 Å². The van der Waals surface area contributed by atoms with Gasteiger partial charge in [0.15, 0.2) is 0 Å².